The minimum absolute atomic E-state index is 0.0758. The third-order valence-corrected chi connectivity index (χ3v) is 5.35. The standard InChI is InChI=1S/C23H13Cl3N2O4/c24-14-6-10-18(11-7-14)32-23(31)13-4-8-16(9-5-13)27-20-19(26)21(29)28(22(20)30)17-3-1-2-15(25)12-17/h1-12,27H. The summed E-state index contributed by atoms with van der Waals surface area (Å²) in [5.74, 6) is -1.48. The van der Waals surface area contributed by atoms with E-state index < -0.39 is 17.8 Å². The molecule has 0 spiro atoms. The smallest absolute Gasteiger partial charge is 0.343 e. The number of amides is 2. The number of ether oxygens (including phenoxy) is 1. The highest BCUT2D eigenvalue weighted by Gasteiger charge is 2.39. The summed E-state index contributed by atoms with van der Waals surface area (Å²) in [6.45, 7) is 0. The molecule has 0 saturated carbocycles. The lowest BCUT2D eigenvalue weighted by Crippen LogP contribution is -2.32. The molecule has 32 heavy (non-hydrogen) atoms. The quantitative estimate of drug-likeness (QED) is 0.286. The minimum Gasteiger partial charge on any atom is -0.423 e. The molecule has 0 atom stereocenters. The van der Waals surface area contributed by atoms with Gasteiger partial charge in [0.15, 0.2) is 0 Å². The van der Waals surface area contributed by atoms with Crippen molar-refractivity contribution >= 4 is 64.0 Å². The molecule has 2 amide bonds. The number of hydrogen-bond donors (Lipinski definition) is 1. The van der Waals surface area contributed by atoms with Gasteiger partial charge in [-0.2, -0.15) is 0 Å². The number of carbonyl (C=O) groups is 3. The van der Waals surface area contributed by atoms with Gasteiger partial charge in [-0.25, -0.2) is 9.69 Å². The molecule has 1 heterocycles. The lowest BCUT2D eigenvalue weighted by atomic mass is 10.2. The monoisotopic (exact) mass is 486 g/mol. The number of esters is 1. The molecule has 3 aromatic carbocycles. The lowest BCUT2D eigenvalue weighted by molar-refractivity contribution is -0.120. The maximum absolute atomic E-state index is 12.8. The molecular weight excluding hydrogens is 475 g/mol. The molecule has 160 valence electrons. The minimum atomic E-state index is -0.662. The first kappa shape index (κ1) is 21.9. The van der Waals surface area contributed by atoms with Crippen molar-refractivity contribution in [3.05, 3.63) is 99.1 Å². The van der Waals surface area contributed by atoms with Gasteiger partial charge in [0.2, 0.25) is 0 Å². The Hall–Kier alpha value is -3.32. The van der Waals surface area contributed by atoms with Crippen molar-refractivity contribution in [2.24, 2.45) is 0 Å². The van der Waals surface area contributed by atoms with E-state index in [0.29, 0.717) is 32.7 Å². The normalized spacial score (nSPS) is 13.5. The highest BCUT2D eigenvalue weighted by atomic mass is 35.5. The van der Waals surface area contributed by atoms with Crippen LogP contribution in [0.3, 0.4) is 0 Å². The second-order valence-electron chi connectivity index (χ2n) is 6.66. The Morgan fingerprint density at radius 1 is 0.812 bits per heavy atom. The molecule has 0 aromatic heterocycles. The highest BCUT2D eigenvalue weighted by Crippen LogP contribution is 2.31. The fourth-order valence-electron chi connectivity index (χ4n) is 2.96. The molecule has 0 aliphatic carbocycles. The molecule has 1 aliphatic rings. The SMILES string of the molecule is O=C(Oc1ccc(Cl)cc1)c1ccc(NC2=C(Cl)C(=O)N(c3cccc(Cl)c3)C2=O)cc1. The zero-order chi connectivity index (χ0) is 22.8. The largest absolute Gasteiger partial charge is 0.423 e. The summed E-state index contributed by atoms with van der Waals surface area (Å²) in [6, 6.07) is 18.9. The Bertz CT molecular complexity index is 1250. The summed E-state index contributed by atoms with van der Waals surface area (Å²) < 4.78 is 5.28. The first-order valence-electron chi connectivity index (χ1n) is 9.22. The third kappa shape index (κ3) is 4.48. The van der Waals surface area contributed by atoms with Crippen LogP contribution in [0.15, 0.2) is 83.5 Å². The zero-order valence-corrected chi connectivity index (χ0v) is 18.4. The van der Waals surface area contributed by atoms with Crippen LogP contribution in [0.5, 0.6) is 5.75 Å². The van der Waals surface area contributed by atoms with Crippen LogP contribution >= 0.6 is 34.8 Å². The van der Waals surface area contributed by atoms with E-state index in [-0.39, 0.29) is 10.7 Å². The molecule has 9 heteroatoms. The van der Waals surface area contributed by atoms with Gasteiger partial charge in [0.1, 0.15) is 16.5 Å². The molecule has 3 aromatic rings. The van der Waals surface area contributed by atoms with E-state index in [2.05, 4.69) is 5.32 Å². The van der Waals surface area contributed by atoms with Crippen molar-refractivity contribution in [2.75, 3.05) is 10.2 Å². The van der Waals surface area contributed by atoms with Crippen molar-refractivity contribution in [3.63, 3.8) is 0 Å². The van der Waals surface area contributed by atoms with E-state index in [9.17, 15) is 14.4 Å². The van der Waals surface area contributed by atoms with E-state index in [1.54, 1.807) is 54.6 Å². The summed E-state index contributed by atoms with van der Waals surface area (Å²) in [5.41, 5.74) is 0.978. The van der Waals surface area contributed by atoms with Crippen LogP contribution in [-0.2, 0) is 9.59 Å². The summed E-state index contributed by atoms with van der Waals surface area (Å²) in [7, 11) is 0. The highest BCUT2D eigenvalue weighted by molar-refractivity contribution is 6.53. The van der Waals surface area contributed by atoms with Crippen molar-refractivity contribution in [2.45, 2.75) is 0 Å². The molecule has 0 saturated heterocycles. The summed E-state index contributed by atoms with van der Waals surface area (Å²) in [6.07, 6.45) is 0. The summed E-state index contributed by atoms with van der Waals surface area (Å²) >= 11 is 17.9. The van der Waals surface area contributed by atoms with Gasteiger partial charge in [0.25, 0.3) is 11.8 Å². The number of imide groups is 1. The molecule has 1 aliphatic heterocycles. The maximum atomic E-state index is 12.8. The predicted octanol–water partition coefficient (Wildman–Crippen LogP) is 5.65. The van der Waals surface area contributed by atoms with E-state index >= 15 is 0 Å². The van der Waals surface area contributed by atoms with Gasteiger partial charge in [-0.1, -0.05) is 40.9 Å². The molecule has 0 fully saturated rings. The van der Waals surface area contributed by atoms with Crippen LogP contribution in [0.4, 0.5) is 11.4 Å². The van der Waals surface area contributed by atoms with Crippen LogP contribution < -0.4 is 15.0 Å². The fourth-order valence-corrected chi connectivity index (χ4v) is 3.49. The number of nitrogens with one attached hydrogen (secondary N) is 1. The Labute approximate surface area is 197 Å². The average Bonchev–Trinajstić information content (AvgIpc) is 2.99. The van der Waals surface area contributed by atoms with E-state index in [1.807, 2.05) is 0 Å². The Balaban J connectivity index is 1.48. The topological polar surface area (TPSA) is 75.7 Å². The Kier molecular flexibility index (Phi) is 6.19. The van der Waals surface area contributed by atoms with E-state index in [0.717, 1.165) is 4.90 Å². The average molecular weight is 488 g/mol. The van der Waals surface area contributed by atoms with Crippen molar-refractivity contribution in [3.8, 4) is 5.75 Å². The van der Waals surface area contributed by atoms with Gasteiger partial charge in [0, 0.05) is 15.7 Å². The van der Waals surface area contributed by atoms with Crippen LogP contribution in [0.25, 0.3) is 0 Å². The maximum Gasteiger partial charge on any atom is 0.343 e. The molecule has 4 rings (SSSR count). The van der Waals surface area contributed by atoms with Crippen LogP contribution in [-0.4, -0.2) is 17.8 Å². The van der Waals surface area contributed by atoms with Crippen LogP contribution in [0.1, 0.15) is 10.4 Å². The number of anilines is 2. The van der Waals surface area contributed by atoms with Gasteiger partial charge < -0.3 is 10.1 Å². The van der Waals surface area contributed by atoms with Gasteiger partial charge in [-0.15, -0.1) is 0 Å². The predicted molar refractivity (Wildman–Crippen MR) is 123 cm³/mol. The summed E-state index contributed by atoms with van der Waals surface area (Å²) in [5, 5.41) is 3.50. The van der Waals surface area contributed by atoms with Crippen molar-refractivity contribution in [1.29, 1.82) is 0 Å². The second kappa shape index (κ2) is 9.04. The Morgan fingerprint density at radius 3 is 2.16 bits per heavy atom. The fraction of sp³-hybridized carbons (Fsp3) is 0. The molecular formula is C23H13Cl3N2O4. The van der Waals surface area contributed by atoms with Crippen molar-refractivity contribution in [1.82, 2.24) is 0 Å². The van der Waals surface area contributed by atoms with Gasteiger partial charge in [-0.05, 0) is 66.7 Å². The number of hydrogen-bond acceptors (Lipinski definition) is 5. The van der Waals surface area contributed by atoms with Crippen LogP contribution in [0.2, 0.25) is 10.0 Å². The van der Waals surface area contributed by atoms with Gasteiger partial charge in [0.05, 0.1) is 11.3 Å². The lowest BCUT2D eigenvalue weighted by Gasteiger charge is -2.15. The van der Waals surface area contributed by atoms with Crippen molar-refractivity contribution < 1.29 is 19.1 Å². The molecule has 0 unspecified atom stereocenters. The van der Waals surface area contributed by atoms with E-state index in [1.165, 1.54) is 18.2 Å². The van der Waals surface area contributed by atoms with Gasteiger partial charge in [-0.3, -0.25) is 9.59 Å². The first-order chi connectivity index (χ1) is 15.3. The van der Waals surface area contributed by atoms with Gasteiger partial charge >= 0.3 is 5.97 Å². The molecule has 6 nitrogen and oxygen atoms in total. The summed E-state index contributed by atoms with van der Waals surface area (Å²) in [4.78, 5) is 38.6. The first-order valence-corrected chi connectivity index (χ1v) is 10.4. The number of rotatable bonds is 5. The van der Waals surface area contributed by atoms with Crippen LogP contribution in [0, 0.1) is 0 Å². The molecule has 0 bridgehead atoms. The number of carbonyl (C=O) groups excluding carboxylic acids is 3. The van der Waals surface area contributed by atoms with E-state index in [4.69, 9.17) is 39.5 Å². The molecule has 0 radical (unpaired) electrons. The molecule has 1 N–H and O–H groups in total. The number of nitrogens with zero attached hydrogens (tertiary/aromatic N) is 1. The third-order valence-electron chi connectivity index (χ3n) is 4.51. The zero-order valence-electron chi connectivity index (χ0n) is 16.1. The Morgan fingerprint density at radius 2 is 1.50 bits per heavy atom. The number of halogens is 3. The second-order valence-corrected chi connectivity index (χ2v) is 7.91. The number of benzene rings is 3.